The molecule has 2 amide bonds. The van der Waals surface area contributed by atoms with Crippen molar-refractivity contribution in [1.82, 2.24) is 16.8 Å². The van der Waals surface area contributed by atoms with Crippen LogP contribution in [0.4, 0.5) is 0 Å². The molecule has 0 spiro atoms. The fraction of sp³-hybridized carbons (Fsp3) is 0.912. The van der Waals surface area contributed by atoms with Gasteiger partial charge >= 0.3 is 0 Å². The Kier molecular flexibility index (Phi) is 30.8. The SMILES string of the molecule is [2H]C([2H])([2H])C([2H])([2H])C([2H])([2H])C([2H])([2H])CCCCCCCCCCCC(=O)NC(COC1OC(CO)C(OC2OC(CO)C(O)C(OC3(C(=O)[O-])CC(O)C(NC(C)=O)C(C(O)C(O)CO)O3)C2O)C(O)C1O)C(O)/C=C/CCCCCCCCCCCCC.[NH4+]. The fourth-order valence-electron chi connectivity index (χ4n) is 10.1. The summed E-state index contributed by atoms with van der Waals surface area (Å²) in [6.45, 7) is -3.79. The molecule has 17 N–H and O–H groups in total. The molecule has 24 nitrogen and oxygen atoms in total. The second-order valence-electron chi connectivity index (χ2n) is 21.3. The minimum absolute atomic E-state index is 0. The van der Waals surface area contributed by atoms with Gasteiger partial charge in [0.15, 0.2) is 12.6 Å². The maximum atomic E-state index is 13.4. The number of allylic oxidation sites excluding steroid dienone is 1. The van der Waals surface area contributed by atoms with Crippen molar-refractivity contribution in [2.24, 2.45) is 0 Å². The van der Waals surface area contributed by atoms with E-state index in [1.54, 1.807) is 6.08 Å². The van der Waals surface area contributed by atoms with Crippen LogP contribution in [0.2, 0.25) is 0 Å². The van der Waals surface area contributed by atoms with Gasteiger partial charge in [0, 0.05) is 32.1 Å². The number of carbonyl (C=O) groups excluding carboxylic acids is 3. The van der Waals surface area contributed by atoms with Crippen molar-refractivity contribution in [2.45, 2.75) is 304 Å². The molecular weight excluding hydrogens is 1060 g/mol. The molecule has 18 unspecified atom stereocenters. The van der Waals surface area contributed by atoms with E-state index in [1.165, 1.54) is 51.0 Å². The van der Waals surface area contributed by atoms with Gasteiger partial charge in [0.2, 0.25) is 17.6 Å². The molecule has 3 aliphatic heterocycles. The molecule has 3 aliphatic rings. The fourth-order valence-corrected chi connectivity index (χ4v) is 10.1. The van der Waals surface area contributed by atoms with Gasteiger partial charge in [-0.25, -0.2) is 0 Å². The van der Waals surface area contributed by atoms with E-state index < -0.39 is 186 Å². The molecule has 3 rings (SSSR count). The molecule has 0 saturated carbocycles. The molecule has 24 heteroatoms. The van der Waals surface area contributed by atoms with Gasteiger partial charge in [-0.2, -0.15) is 0 Å². The molecule has 0 aliphatic carbocycles. The minimum Gasteiger partial charge on any atom is -0.544 e. The number of amides is 2. The molecule has 3 heterocycles. The lowest BCUT2D eigenvalue weighted by Crippen LogP contribution is -2.72. The predicted octanol–water partition coefficient (Wildman–Crippen LogP) is 1.43. The largest absolute Gasteiger partial charge is 0.544 e. The quantitative estimate of drug-likeness (QED) is 0.0303. The first-order chi connectivity index (χ1) is 41.8. The molecule has 3 saturated heterocycles. The average Bonchev–Trinajstić information content (AvgIpc) is 0.794. The summed E-state index contributed by atoms with van der Waals surface area (Å²) < 4.78 is 104. The van der Waals surface area contributed by atoms with E-state index in [-0.39, 0.29) is 25.4 Å². The van der Waals surface area contributed by atoms with Crippen LogP contribution in [-0.4, -0.2) is 210 Å². The topological polar surface area (TPSA) is 413 Å². The van der Waals surface area contributed by atoms with Crippen molar-refractivity contribution in [3.8, 4) is 0 Å². The second-order valence-corrected chi connectivity index (χ2v) is 21.3. The number of ether oxygens (including phenoxy) is 6. The lowest BCUT2D eigenvalue weighted by molar-refractivity contribution is -0.411. The molecule has 0 aromatic carbocycles. The normalized spacial score (nSPS) is 32.7. The Morgan fingerprint density at radius 3 is 1.86 bits per heavy atom. The van der Waals surface area contributed by atoms with Gasteiger partial charge in [-0.15, -0.1) is 0 Å². The van der Waals surface area contributed by atoms with Gasteiger partial charge in [-0.05, 0) is 19.3 Å². The van der Waals surface area contributed by atoms with Gasteiger partial charge in [0.1, 0.15) is 73.1 Å². The number of aliphatic hydroxyl groups excluding tert-OH is 11. The highest BCUT2D eigenvalue weighted by Gasteiger charge is 2.58. The van der Waals surface area contributed by atoms with E-state index in [2.05, 4.69) is 17.6 Å². The lowest BCUT2D eigenvalue weighted by atomic mass is 9.88. The third-order valence-corrected chi connectivity index (χ3v) is 14.8. The number of aliphatic carboxylic acids is 1. The van der Waals surface area contributed by atoms with Gasteiger partial charge < -0.3 is 111 Å². The smallest absolute Gasteiger partial charge is 0.220 e. The number of rotatable bonds is 43. The minimum atomic E-state index is -3.39. The average molecular weight is 1180 g/mol. The van der Waals surface area contributed by atoms with Crippen LogP contribution < -0.4 is 21.9 Å². The summed E-state index contributed by atoms with van der Waals surface area (Å²) in [5.41, 5.74) is 0. The van der Waals surface area contributed by atoms with Crippen LogP contribution in [0.15, 0.2) is 12.2 Å². The standard InChI is InChI=1S/C57H104N2O21.H3N/c1-4-6-8-10-12-14-16-18-20-22-24-26-28-30-39(64)38(59-44(67)31-29-27-25-23-21-19-17-15-13-11-9-7-5-2)36-75-54-49(71)48(70)51(43(35-62)77-54)78-55-50(72)53(47(69)42(34-61)76-55)80-57(56(73)74)32-40(65)45(58-37(3)63)52(79-57)46(68)41(66)33-60;/h28,30,38-43,45-55,60-62,64-66,68-72H,4-27,29,31-36H2,1-3H3,(H,58,63)(H,59,67)(H,73,74);1H3/b30-28+;/i2D3,5D2,7D2,9D2;. The number of carboxylic acid groups (broad SMARTS) is 1. The van der Waals surface area contributed by atoms with Crippen LogP contribution in [-0.2, 0) is 42.8 Å². The number of carboxylic acids is 1. The summed E-state index contributed by atoms with van der Waals surface area (Å²) in [5, 5.41) is 138. The molecule has 0 bridgehead atoms. The molecule has 3 fully saturated rings. The van der Waals surface area contributed by atoms with Crippen LogP contribution in [0, 0.1) is 0 Å². The number of carbonyl (C=O) groups is 3. The molecular formula is C57H107N3O21. The van der Waals surface area contributed by atoms with E-state index >= 15 is 0 Å². The first kappa shape index (κ1) is 60.1. The number of quaternary nitrogens is 1. The van der Waals surface area contributed by atoms with Crippen LogP contribution in [0.1, 0.15) is 206 Å². The van der Waals surface area contributed by atoms with E-state index in [1.807, 2.05) is 0 Å². The van der Waals surface area contributed by atoms with Crippen LogP contribution in [0.3, 0.4) is 0 Å². The lowest BCUT2D eigenvalue weighted by Gasteiger charge is -2.52. The third-order valence-electron chi connectivity index (χ3n) is 14.8. The Morgan fingerprint density at radius 2 is 1.31 bits per heavy atom. The number of unbranched alkanes of at least 4 members (excludes halogenated alkanes) is 19. The Morgan fingerprint density at radius 1 is 0.741 bits per heavy atom. The molecule has 0 aromatic heterocycles. The monoisotopic (exact) mass is 1180 g/mol. The van der Waals surface area contributed by atoms with Crippen LogP contribution in [0.25, 0.3) is 0 Å². The summed E-state index contributed by atoms with van der Waals surface area (Å²) >= 11 is 0. The Bertz CT molecular complexity index is 2080. The molecule has 0 radical (unpaired) electrons. The molecule has 476 valence electrons. The van der Waals surface area contributed by atoms with E-state index in [4.69, 9.17) is 40.8 Å². The summed E-state index contributed by atoms with van der Waals surface area (Å²) in [4.78, 5) is 38.3. The van der Waals surface area contributed by atoms with E-state index in [0.29, 0.717) is 32.1 Å². The van der Waals surface area contributed by atoms with Crippen molar-refractivity contribution in [3.05, 3.63) is 12.2 Å². The van der Waals surface area contributed by atoms with Gasteiger partial charge in [0.05, 0.1) is 50.7 Å². The number of aliphatic hydroxyl groups is 11. The third kappa shape index (κ3) is 25.5. The number of hydrogen-bond donors (Lipinski definition) is 14. The number of hydrogen-bond acceptors (Lipinski definition) is 21. The zero-order chi connectivity index (χ0) is 66.9. The highest BCUT2D eigenvalue weighted by Crippen LogP contribution is 2.38. The zero-order valence-corrected chi connectivity index (χ0v) is 47.8. The van der Waals surface area contributed by atoms with Gasteiger partial charge in [-0.3, -0.25) is 9.59 Å². The van der Waals surface area contributed by atoms with E-state index in [9.17, 15) is 75.7 Å². The first-order valence-corrected chi connectivity index (χ1v) is 28.9. The molecule has 0 aromatic rings. The summed E-state index contributed by atoms with van der Waals surface area (Å²) in [5.74, 6) is -6.73. The molecule has 81 heavy (non-hydrogen) atoms. The van der Waals surface area contributed by atoms with Crippen molar-refractivity contribution in [2.75, 3.05) is 26.4 Å². The van der Waals surface area contributed by atoms with Crippen molar-refractivity contribution < 1.29 is 116 Å². The van der Waals surface area contributed by atoms with E-state index in [0.717, 1.165) is 58.3 Å². The van der Waals surface area contributed by atoms with Crippen molar-refractivity contribution >= 4 is 17.8 Å². The van der Waals surface area contributed by atoms with Gasteiger partial charge in [-0.1, -0.05) is 167 Å². The van der Waals surface area contributed by atoms with Gasteiger partial charge in [0.25, 0.3) is 0 Å². The highest BCUT2D eigenvalue weighted by atomic mass is 16.8. The summed E-state index contributed by atoms with van der Waals surface area (Å²) in [6, 6.07) is -2.77. The second kappa shape index (κ2) is 41.5. The Labute approximate surface area is 492 Å². The molecule has 18 atom stereocenters. The van der Waals surface area contributed by atoms with Crippen molar-refractivity contribution in [3.63, 3.8) is 0 Å². The van der Waals surface area contributed by atoms with Crippen LogP contribution >= 0.6 is 0 Å². The maximum Gasteiger partial charge on any atom is 0.220 e. The summed E-state index contributed by atoms with van der Waals surface area (Å²) in [7, 11) is 0. The zero-order valence-electron chi connectivity index (χ0n) is 56.8. The predicted molar refractivity (Wildman–Crippen MR) is 296 cm³/mol. The van der Waals surface area contributed by atoms with Crippen LogP contribution in [0.5, 0.6) is 0 Å². The maximum absolute atomic E-state index is 13.4. The number of nitrogens with one attached hydrogen (secondary N) is 2. The Hall–Kier alpha value is -2.57. The summed E-state index contributed by atoms with van der Waals surface area (Å²) in [6.07, 6.45) is -17.9. The van der Waals surface area contributed by atoms with Crippen molar-refractivity contribution in [1.29, 1.82) is 0 Å². The Balaban J connectivity index is 0.0000276. The highest BCUT2D eigenvalue weighted by molar-refractivity contribution is 5.76. The first-order valence-electron chi connectivity index (χ1n) is 33.4.